The number of carbonyl (C=O) groups excluding carboxylic acids is 2. The maximum Gasteiger partial charge on any atom is 0.241 e. The number of fused-ring (bicyclic) bond motifs is 1. The summed E-state index contributed by atoms with van der Waals surface area (Å²) in [5.41, 5.74) is 1.82. The number of aliphatic imine (C=N–C) groups is 1. The number of nitrogens with zero attached hydrogens (tertiary/aromatic N) is 4. The van der Waals surface area contributed by atoms with Gasteiger partial charge in [-0.3, -0.25) is 14.5 Å². The summed E-state index contributed by atoms with van der Waals surface area (Å²) < 4.78 is 5.50. The molecule has 7 nitrogen and oxygen atoms in total. The first-order valence-corrected chi connectivity index (χ1v) is 12.9. The zero-order valence-electron chi connectivity index (χ0n) is 20.1. The van der Waals surface area contributed by atoms with Crippen LogP contribution in [0.1, 0.15) is 25.7 Å². The summed E-state index contributed by atoms with van der Waals surface area (Å²) in [7, 11) is 1.69. The van der Waals surface area contributed by atoms with Crippen LogP contribution in [0.4, 0.5) is 5.69 Å². The van der Waals surface area contributed by atoms with Crippen molar-refractivity contribution in [2.45, 2.75) is 25.7 Å². The van der Waals surface area contributed by atoms with Gasteiger partial charge in [-0.15, -0.1) is 0 Å². The molecule has 2 amide bonds. The van der Waals surface area contributed by atoms with Gasteiger partial charge in [-0.25, -0.2) is 4.99 Å². The van der Waals surface area contributed by atoms with Gasteiger partial charge < -0.3 is 14.5 Å². The lowest BCUT2D eigenvalue weighted by atomic mass is 9.80. The Balaban J connectivity index is 1.11. The first-order valence-electron chi connectivity index (χ1n) is 12.5. The van der Waals surface area contributed by atoms with Crippen LogP contribution in [0.5, 0.6) is 5.75 Å². The van der Waals surface area contributed by atoms with Gasteiger partial charge in [0.05, 0.1) is 24.4 Å². The Labute approximate surface area is 212 Å². The van der Waals surface area contributed by atoms with Crippen molar-refractivity contribution >= 4 is 40.5 Å². The molecule has 4 aliphatic rings. The summed E-state index contributed by atoms with van der Waals surface area (Å²) in [6, 6.07) is 8.04. The number of hydrogen-bond acceptors (Lipinski definition) is 5. The van der Waals surface area contributed by atoms with Gasteiger partial charge in [0.2, 0.25) is 16.9 Å². The normalized spacial score (nSPS) is 26.5. The molecule has 184 valence electrons. The Bertz CT molecular complexity index is 1080. The van der Waals surface area contributed by atoms with Gasteiger partial charge in [0.15, 0.2) is 0 Å². The van der Waals surface area contributed by atoms with Crippen molar-refractivity contribution in [1.29, 1.82) is 0 Å². The molecule has 0 radical (unpaired) electrons. The van der Waals surface area contributed by atoms with Gasteiger partial charge >= 0.3 is 0 Å². The molecule has 2 fully saturated rings. The van der Waals surface area contributed by atoms with E-state index < -0.39 is 0 Å². The van der Waals surface area contributed by atoms with Crippen LogP contribution in [0, 0.1) is 17.8 Å². The van der Waals surface area contributed by atoms with Crippen LogP contribution < -0.4 is 9.64 Å². The van der Waals surface area contributed by atoms with Gasteiger partial charge in [-0.2, -0.15) is 0 Å². The van der Waals surface area contributed by atoms with Crippen LogP contribution in [0.3, 0.4) is 0 Å². The Kier molecular flexibility index (Phi) is 7.00. The summed E-state index contributed by atoms with van der Waals surface area (Å²) in [6.45, 7) is 3.68. The van der Waals surface area contributed by atoms with E-state index in [1.54, 1.807) is 12.0 Å². The molecule has 0 spiro atoms. The highest BCUT2D eigenvalue weighted by molar-refractivity contribution is 7.80. The van der Waals surface area contributed by atoms with E-state index in [1.807, 2.05) is 47.4 Å². The number of ether oxygens (including phenoxy) is 1. The quantitative estimate of drug-likeness (QED) is 0.589. The smallest absolute Gasteiger partial charge is 0.241 e. The minimum absolute atomic E-state index is 0.0201. The first-order chi connectivity index (χ1) is 17.0. The Morgan fingerprint density at radius 2 is 1.83 bits per heavy atom. The fraction of sp³-hybridized carbons (Fsp3) is 0.481. The third-order valence-corrected chi connectivity index (χ3v) is 7.95. The molecule has 0 aromatic heterocycles. The van der Waals surface area contributed by atoms with Crippen molar-refractivity contribution in [2.24, 2.45) is 22.7 Å². The molecule has 2 aliphatic carbocycles. The summed E-state index contributed by atoms with van der Waals surface area (Å²) in [5.74, 6) is 1.27. The Morgan fingerprint density at radius 1 is 1.09 bits per heavy atom. The molecule has 1 aromatic carbocycles. The van der Waals surface area contributed by atoms with Crippen LogP contribution in [0.15, 0.2) is 53.6 Å². The van der Waals surface area contributed by atoms with Crippen LogP contribution in [0.25, 0.3) is 0 Å². The molecule has 1 saturated heterocycles. The van der Waals surface area contributed by atoms with Crippen LogP contribution >= 0.6 is 12.2 Å². The highest BCUT2D eigenvalue weighted by Crippen LogP contribution is 2.33. The van der Waals surface area contributed by atoms with Crippen molar-refractivity contribution < 1.29 is 14.3 Å². The Hall–Kier alpha value is -3.00. The molecule has 1 aromatic rings. The molecule has 1 saturated carbocycles. The molecule has 0 bridgehead atoms. The topological polar surface area (TPSA) is 65.5 Å². The number of rotatable bonds is 5. The van der Waals surface area contributed by atoms with Gasteiger partial charge in [0.1, 0.15) is 5.75 Å². The van der Waals surface area contributed by atoms with E-state index >= 15 is 0 Å². The Morgan fingerprint density at radius 3 is 2.57 bits per heavy atom. The monoisotopic (exact) mass is 492 g/mol. The van der Waals surface area contributed by atoms with Crippen molar-refractivity contribution in [3.8, 4) is 5.75 Å². The second-order valence-electron chi connectivity index (χ2n) is 9.69. The molecule has 5 rings (SSSR count). The molecular formula is C27H32N4O3S. The van der Waals surface area contributed by atoms with E-state index in [-0.39, 0.29) is 23.7 Å². The van der Waals surface area contributed by atoms with Gasteiger partial charge in [-0.1, -0.05) is 30.4 Å². The predicted octanol–water partition coefficient (Wildman–Crippen LogP) is 3.46. The lowest BCUT2D eigenvalue weighted by Crippen LogP contribution is -2.51. The molecule has 35 heavy (non-hydrogen) atoms. The molecule has 1 atom stereocenters. The fourth-order valence-electron chi connectivity index (χ4n) is 5.62. The standard InChI is InChI=1S/C27H32N4O3S/c1-34-24-9-5-4-8-23(24)29-14-16-30(17-15-29)25(32)20-12-10-19(11-13-20)18-31-26(33)21-6-2-3-7-22(21)28-27(31)35/h2-9,19-21H,10-18H2,1H3. The molecule has 8 heteroatoms. The zero-order valence-corrected chi connectivity index (χ0v) is 21.0. The number of hydrogen-bond donors (Lipinski definition) is 0. The highest BCUT2D eigenvalue weighted by atomic mass is 32.1. The molecule has 2 heterocycles. The minimum atomic E-state index is -0.320. The van der Waals surface area contributed by atoms with Crippen LogP contribution in [-0.2, 0) is 9.59 Å². The van der Waals surface area contributed by atoms with Crippen LogP contribution in [0.2, 0.25) is 0 Å². The van der Waals surface area contributed by atoms with E-state index in [2.05, 4.69) is 16.0 Å². The fourth-order valence-corrected chi connectivity index (χ4v) is 5.89. The second-order valence-corrected chi connectivity index (χ2v) is 10.1. The van der Waals surface area contributed by atoms with Gasteiger partial charge in [-0.05, 0) is 62.0 Å². The van der Waals surface area contributed by atoms with E-state index in [0.29, 0.717) is 17.6 Å². The maximum absolute atomic E-state index is 13.2. The SMILES string of the molecule is COc1ccccc1N1CCN(C(=O)C2CCC(CN3C(=O)C4C=CC=CC4=NC3=S)CC2)CC1. The highest BCUT2D eigenvalue weighted by Gasteiger charge is 2.37. The van der Waals surface area contributed by atoms with E-state index in [9.17, 15) is 9.59 Å². The van der Waals surface area contributed by atoms with Gasteiger partial charge in [0, 0.05) is 38.6 Å². The number of thiocarbonyl (C=S) groups is 1. The number of allylic oxidation sites excluding steroid dienone is 3. The summed E-state index contributed by atoms with van der Waals surface area (Å²) in [4.78, 5) is 36.7. The maximum atomic E-state index is 13.2. The molecule has 2 aliphatic heterocycles. The van der Waals surface area contributed by atoms with Crippen molar-refractivity contribution in [1.82, 2.24) is 9.80 Å². The average molecular weight is 493 g/mol. The lowest BCUT2D eigenvalue weighted by Gasteiger charge is -2.39. The first kappa shape index (κ1) is 23.7. The number of benzene rings is 1. The predicted molar refractivity (Wildman–Crippen MR) is 141 cm³/mol. The number of piperazine rings is 1. The number of carbonyl (C=O) groups is 2. The molecule has 0 N–H and O–H groups in total. The second kappa shape index (κ2) is 10.3. The van der Waals surface area contributed by atoms with E-state index in [4.69, 9.17) is 17.0 Å². The van der Waals surface area contributed by atoms with Crippen molar-refractivity contribution in [2.75, 3.05) is 44.7 Å². The van der Waals surface area contributed by atoms with Crippen LogP contribution in [-0.4, -0.2) is 72.3 Å². The molecule has 1 unspecified atom stereocenters. The number of methoxy groups -OCH3 is 1. The summed E-state index contributed by atoms with van der Waals surface area (Å²) in [6.07, 6.45) is 11.1. The minimum Gasteiger partial charge on any atom is -0.495 e. The molecular weight excluding hydrogens is 460 g/mol. The summed E-state index contributed by atoms with van der Waals surface area (Å²) in [5, 5.41) is 0.368. The van der Waals surface area contributed by atoms with E-state index in [1.165, 1.54) is 0 Å². The number of para-hydroxylation sites is 2. The van der Waals surface area contributed by atoms with Crippen molar-refractivity contribution in [3.63, 3.8) is 0 Å². The summed E-state index contributed by atoms with van der Waals surface area (Å²) >= 11 is 5.44. The third-order valence-electron chi connectivity index (χ3n) is 7.64. The number of anilines is 1. The van der Waals surface area contributed by atoms with E-state index in [0.717, 1.165) is 69.0 Å². The zero-order chi connectivity index (χ0) is 24.4. The number of amides is 2. The van der Waals surface area contributed by atoms with Crippen molar-refractivity contribution in [3.05, 3.63) is 48.6 Å². The third kappa shape index (κ3) is 4.89. The lowest BCUT2D eigenvalue weighted by molar-refractivity contribution is -0.137. The van der Waals surface area contributed by atoms with Gasteiger partial charge in [0.25, 0.3) is 0 Å². The average Bonchev–Trinajstić information content (AvgIpc) is 2.91. The largest absolute Gasteiger partial charge is 0.495 e.